The molecule has 0 spiro atoms. The van der Waals surface area contributed by atoms with E-state index < -0.39 is 0 Å². The van der Waals surface area contributed by atoms with Crippen LogP contribution in [0.1, 0.15) is 62.6 Å². The summed E-state index contributed by atoms with van der Waals surface area (Å²) in [6.07, 6.45) is 2.62. The second-order valence-electron chi connectivity index (χ2n) is 8.21. The van der Waals surface area contributed by atoms with Crippen LogP contribution in [0.5, 0.6) is 5.75 Å². The fourth-order valence-corrected chi connectivity index (χ4v) is 3.58. The third-order valence-electron chi connectivity index (χ3n) is 5.47. The molecule has 32 heavy (non-hydrogen) atoms. The van der Waals surface area contributed by atoms with E-state index in [4.69, 9.17) is 14.9 Å². The highest BCUT2D eigenvalue weighted by Crippen LogP contribution is 2.24. The molecule has 1 aromatic heterocycles. The Kier molecular flexibility index (Phi) is 8.25. The first-order valence-electron chi connectivity index (χ1n) is 11.1. The maximum absolute atomic E-state index is 13.0. The van der Waals surface area contributed by atoms with E-state index >= 15 is 0 Å². The highest BCUT2D eigenvalue weighted by Gasteiger charge is 2.22. The van der Waals surface area contributed by atoms with Crippen LogP contribution in [0.15, 0.2) is 59.0 Å². The van der Waals surface area contributed by atoms with E-state index in [1.165, 1.54) is 0 Å². The lowest BCUT2D eigenvalue weighted by molar-refractivity contribution is -0.123. The number of hydrogen-bond donors (Lipinski definition) is 2. The Morgan fingerprint density at radius 1 is 1.06 bits per heavy atom. The largest absolute Gasteiger partial charge is 0.493 e. The third kappa shape index (κ3) is 6.57. The summed E-state index contributed by atoms with van der Waals surface area (Å²) in [5.74, 6) is 1.31. The van der Waals surface area contributed by atoms with E-state index in [1.807, 2.05) is 61.5 Å². The van der Waals surface area contributed by atoms with Gasteiger partial charge in [-0.05, 0) is 42.5 Å². The van der Waals surface area contributed by atoms with Crippen LogP contribution < -0.4 is 15.8 Å². The predicted octanol–water partition coefficient (Wildman–Crippen LogP) is 4.67. The van der Waals surface area contributed by atoms with Crippen molar-refractivity contribution in [2.75, 3.05) is 12.3 Å². The number of anilines is 1. The van der Waals surface area contributed by atoms with Gasteiger partial charge in [0.05, 0.1) is 25.0 Å². The van der Waals surface area contributed by atoms with Crippen LogP contribution in [0.2, 0.25) is 0 Å². The number of carbonyl (C=O) groups is 1. The number of carbonyl (C=O) groups excluding carboxylic acids is 1. The number of rotatable bonds is 11. The Morgan fingerprint density at radius 2 is 1.78 bits per heavy atom. The molecule has 3 rings (SSSR count). The van der Waals surface area contributed by atoms with Crippen molar-refractivity contribution in [3.05, 3.63) is 71.6 Å². The molecule has 7 nitrogen and oxygen atoms in total. The number of nitrogens with one attached hydrogen (secondary N) is 1. The van der Waals surface area contributed by atoms with Gasteiger partial charge in [-0.2, -0.15) is 0 Å². The van der Waals surface area contributed by atoms with Gasteiger partial charge in [0.1, 0.15) is 5.75 Å². The van der Waals surface area contributed by atoms with Gasteiger partial charge in [0.2, 0.25) is 11.8 Å². The highest BCUT2D eigenvalue weighted by molar-refractivity contribution is 5.83. The quantitative estimate of drug-likeness (QED) is 0.453. The van der Waals surface area contributed by atoms with Crippen molar-refractivity contribution in [2.45, 2.75) is 52.0 Å². The van der Waals surface area contributed by atoms with Crippen molar-refractivity contribution in [1.82, 2.24) is 15.5 Å². The van der Waals surface area contributed by atoms with Gasteiger partial charge in [-0.15, -0.1) is 5.10 Å². The Balaban J connectivity index is 1.73. The number of nitrogen functional groups attached to an aromatic ring is 1. The first-order chi connectivity index (χ1) is 15.5. The van der Waals surface area contributed by atoms with Gasteiger partial charge in [0, 0.05) is 0 Å². The Labute approximate surface area is 189 Å². The molecule has 170 valence electrons. The molecule has 0 fully saturated rings. The van der Waals surface area contributed by atoms with Crippen LogP contribution in [0.4, 0.5) is 6.01 Å². The monoisotopic (exact) mass is 436 g/mol. The van der Waals surface area contributed by atoms with E-state index in [9.17, 15) is 4.79 Å². The minimum Gasteiger partial charge on any atom is -0.493 e. The van der Waals surface area contributed by atoms with Gasteiger partial charge in [0.15, 0.2) is 0 Å². The summed E-state index contributed by atoms with van der Waals surface area (Å²) in [5.41, 5.74) is 7.45. The summed E-state index contributed by atoms with van der Waals surface area (Å²) in [6, 6.07) is 17.1. The molecule has 0 saturated carbocycles. The zero-order valence-electron chi connectivity index (χ0n) is 19.0. The number of nitrogens with zero attached hydrogens (tertiary/aromatic N) is 2. The molecule has 0 bridgehead atoms. The topological polar surface area (TPSA) is 103 Å². The number of amides is 1. The second kappa shape index (κ2) is 11.3. The predicted molar refractivity (Wildman–Crippen MR) is 124 cm³/mol. The molecule has 3 N–H and O–H groups in total. The van der Waals surface area contributed by atoms with Crippen molar-refractivity contribution in [1.29, 1.82) is 0 Å². The Hall–Kier alpha value is -3.35. The van der Waals surface area contributed by atoms with Crippen molar-refractivity contribution >= 4 is 11.9 Å². The van der Waals surface area contributed by atoms with Crippen LogP contribution in [-0.4, -0.2) is 22.7 Å². The molecule has 3 atom stereocenters. The number of aromatic nitrogens is 2. The lowest BCUT2D eigenvalue weighted by Crippen LogP contribution is -2.33. The summed E-state index contributed by atoms with van der Waals surface area (Å²) in [5, 5.41) is 10.8. The Morgan fingerprint density at radius 3 is 2.41 bits per heavy atom. The summed E-state index contributed by atoms with van der Waals surface area (Å²) in [4.78, 5) is 13.0. The van der Waals surface area contributed by atoms with Gasteiger partial charge in [-0.1, -0.05) is 67.8 Å². The van der Waals surface area contributed by atoms with Crippen molar-refractivity contribution in [3.63, 3.8) is 0 Å². The maximum atomic E-state index is 13.0. The van der Waals surface area contributed by atoms with Crippen molar-refractivity contribution < 1.29 is 13.9 Å². The van der Waals surface area contributed by atoms with Gasteiger partial charge in [-0.3, -0.25) is 4.79 Å². The zero-order chi connectivity index (χ0) is 22.9. The standard InChI is InChI=1S/C25H32N4O3/c1-4-8-17(2)16-31-21-13-11-20(12-14-21)22(15-23-28-29-25(26)32-23)27-24(30)18(3)19-9-6-5-7-10-19/h5-7,9-14,17-18,22H,4,8,15-16H2,1-3H3,(H2,26,29)(H,27,30)/t17-,18-,22-/m0/s1. The molecule has 2 aromatic carbocycles. The molecule has 0 radical (unpaired) electrons. The normalized spacial score (nSPS) is 13.8. The summed E-state index contributed by atoms with van der Waals surface area (Å²) < 4.78 is 11.3. The van der Waals surface area contributed by atoms with E-state index in [0.29, 0.717) is 24.8 Å². The smallest absolute Gasteiger partial charge is 0.312 e. The van der Waals surface area contributed by atoms with Crippen molar-refractivity contribution in [2.24, 2.45) is 5.92 Å². The van der Waals surface area contributed by atoms with Crippen LogP contribution in [0.3, 0.4) is 0 Å². The average Bonchev–Trinajstić information content (AvgIpc) is 3.22. The molecule has 0 unspecified atom stereocenters. The van der Waals surface area contributed by atoms with Crippen LogP contribution in [-0.2, 0) is 11.2 Å². The SMILES string of the molecule is CCC[C@H](C)COc1ccc([C@H](Cc2nnc(N)o2)NC(=O)[C@@H](C)c2ccccc2)cc1. The fraction of sp³-hybridized carbons (Fsp3) is 0.400. The Bertz CT molecular complexity index is 972. The first-order valence-corrected chi connectivity index (χ1v) is 11.1. The molecule has 3 aromatic rings. The summed E-state index contributed by atoms with van der Waals surface area (Å²) in [6.45, 7) is 6.94. The summed E-state index contributed by atoms with van der Waals surface area (Å²) >= 11 is 0. The van der Waals surface area contributed by atoms with Gasteiger partial charge < -0.3 is 20.2 Å². The molecule has 1 heterocycles. The molecule has 0 aliphatic heterocycles. The fourth-order valence-electron chi connectivity index (χ4n) is 3.58. The molecule has 1 amide bonds. The molecule has 0 aliphatic carbocycles. The maximum Gasteiger partial charge on any atom is 0.312 e. The number of hydrogen-bond acceptors (Lipinski definition) is 6. The molecule has 0 saturated heterocycles. The molecule has 7 heteroatoms. The average molecular weight is 437 g/mol. The highest BCUT2D eigenvalue weighted by atomic mass is 16.5. The van der Waals surface area contributed by atoms with Gasteiger partial charge in [-0.25, -0.2) is 0 Å². The first kappa shape index (κ1) is 23.3. The van der Waals surface area contributed by atoms with Crippen LogP contribution in [0.25, 0.3) is 0 Å². The molecule has 0 aliphatic rings. The summed E-state index contributed by atoms with van der Waals surface area (Å²) in [7, 11) is 0. The van der Waals surface area contributed by atoms with E-state index in [0.717, 1.165) is 29.7 Å². The molecular formula is C25H32N4O3. The number of nitrogens with two attached hydrogens (primary N) is 1. The van der Waals surface area contributed by atoms with Crippen LogP contribution >= 0.6 is 0 Å². The number of benzene rings is 2. The van der Waals surface area contributed by atoms with E-state index in [2.05, 4.69) is 29.4 Å². The lowest BCUT2D eigenvalue weighted by Gasteiger charge is -2.21. The van der Waals surface area contributed by atoms with E-state index in [-0.39, 0.29) is 23.9 Å². The molecular weight excluding hydrogens is 404 g/mol. The number of ether oxygens (including phenoxy) is 1. The third-order valence-corrected chi connectivity index (χ3v) is 5.47. The second-order valence-corrected chi connectivity index (χ2v) is 8.21. The van der Waals surface area contributed by atoms with Gasteiger partial charge >= 0.3 is 6.01 Å². The minimum atomic E-state index is -0.346. The van der Waals surface area contributed by atoms with E-state index in [1.54, 1.807) is 0 Å². The minimum absolute atomic E-state index is 0.00711. The van der Waals surface area contributed by atoms with Crippen molar-refractivity contribution in [3.8, 4) is 5.75 Å². The van der Waals surface area contributed by atoms with Gasteiger partial charge in [0.25, 0.3) is 0 Å². The lowest BCUT2D eigenvalue weighted by atomic mass is 9.98. The zero-order valence-corrected chi connectivity index (χ0v) is 19.0. The van der Waals surface area contributed by atoms with Crippen LogP contribution in [0, 0.1) is 5.92 Å².